The number of aromatic nitrogens is 4. The highest BCUT2D eigenvalue weighted by Crippen LogP contribution is 2.38. The fourth-order valence-electron chi connectivity index (χ4n) is 7.54. The minimum absolute atomic E-state index is 0.785. The van der Waals surface area contributed by atoms with Gasteiger partial charge in [0, 0.05) is 50.3 Å². The van der Waals surface area contributed by atoms with Crippen LogP contribution in [0.4, 0.5) is 17.1 Å². The summed E-state index contributed by atoms with van der Waals surface area (Å²) in [6, 6.07) is 70.5. The summed E-state index contributed by atoms with van der Waals surface area (Å²) >= 11 is 0. The van der Waals surface area contributed by atoms with E-state index in [-0.39, 0.29) is 0 Å². The summed E-state index contributed by atoms with van der Waals surface area (Å²) < 4.78 is 4.52. The average molecular weight is 680 g/mol. The van der Waals surface area contributed by atoms with E-state index in [1.54, 1.807) is 0 Å². The molecule has 5 heteroatoms. The standard InChI is InChI=1S/C48H33N5/c1-3-14-35(15-4-1)47-49-50-48(53(47)42-28-23-34-13-7-8-16-37(34)33-42)36-24-26-39(27-25-36)51(38-17-5-2-6-18-38)40-29-31-41(32-30-40)52-45-21-11-9-19-43(45)44-20-10-12-22-46(44)52/h1-33H. The van der Waals surface area contributed by atoms with Crippen molar-refractivity contribution < 1.29 is 0 Å². The van der Waals surface area contributed by atoms with E-state index >= 15 is 0 Å². The summed E-state index contributed by atoms with van der Waals surface area (Å²) in [6.07, 6.45) is 0. The topological polar surface area (TPSA) is 38.9 Å². The van der Waals surface area contributed by atoms with Gasteiger partial charge in [0.15, 0.2) is 11.6 Å². The van der Waals surface area contributed by atoms with Crippen molar-refractivity contribution in [3.05, 3.63) is 200 Å². The fourth-order valence-corrected chi connectivity index (χ4v) is 7.54. The van der Waals surface area contributed by atoms with E-state index in [9.17, 15) is 0 Å². The van der Waals surface area contributed by atoms with Crippen molar-refractivity contribution in [1.82, 2.24) is 19.3 Å². The van der Waals surface area contributed by atoms with Crippen LogP contribution in [0.1, 0.15) is 0 Å². The first-order valence-corrected chi connectivity index (χ1v) is 17.8. The fraction of sp³-hybridized carbons (Fsp3) is 0. The van der Waals surface area contributed by atoms with Crippen molar-refractivity contribution in [3.8, 4) is 34.2 Å². The molecular weight excluding hydrogens is 647 g/mol. The molecule has 5 nitrogen and oxygen atoms in total. The molecule has 10 rings (SSSR count). The molecule has 0 aliphatic rings. The van der Waals surface area contributed by atoms with E-state index in [0.717, 1.165) is 51.2 Å². The van der Waals surface area contributed by atoms with Gasteiger partial charge in [-0.1, -0.05) is 115 Å². The van der Waals surface area contributed by atoms with Gasteiger partial charge >= 0.3 is 0 Å². The van der Waals surface area contributed by atoms with Crippen LogP contribution in [0.2, 0.25) is 0 Å². The molecule has 250 valence electrons. The molecule has 0 bridgehead atoms. The summed E-state index contributed by atoms with van der Waals surface area (Å²) in [7, 11) is 0. The lowest BCUT2D eigenvalue weighted by Crippen LogP contribution is -2.10. The van der Waals surface area contributed by atoms with E-state index in [4.69, 9.17) is 10.2 Å². The van der Waals surface area contributed by atoms with E-state index in [1.165, 1.54) is 32.6 Å². The Labute approximate surface area is 307 Å². The van der Waals surface area contributed by atoms with Gasteiger partial charge < -0.3 is 9.47 Å². The summed E-state index contributed by atoms with van der Waals surface area (Å²) in [4.78, 5) is 2.29. The number of hydrogen-bond donors (Lipinski definition) is 0. The molecular formula is C48H33N5. The SMILES string of the molecule is c1ccc(-c2nnc(-c3ccc(N(c4ccccc4)c4ccc(-n5c6ccccc6c6ccccc65)cc4)cc3)n2-c2ccc3ccccc3c2)cc1. The minimum Gasteiger partial charge on any atom is -0.311 e. The molecule has 0 N–H and O–H groups in total. The quantitative estimate of drug-likeness (QED) is 0.168. The molecule has 0 radical (unpaired) electrons. The number of benzene rings is 8. The molecule has 10 aromatic rings. The Morgan fingerprint density at radius 3 is 1.45 bits per heavy atom. The highest BCUT2D eigenvalue weighted by molar-refractivity contribution is 6.09. The molecule has 2 aromatic heterocycles. The molecule has 0 amide bonds. The van der Waals surface area contributed by atoms with Gasteiger partial charge in [-0.15, -0.1) is 10.2 Å². The molecule has 0 aliphatic heterocycles. The van der Waals surface area contributed by atoms with Crippen LogP contribution in [-0.2, 0) is 0 Å². The van der Waals surface area contributed by atoms with Gasteiger partial charge in [-0.3, -0.25) is 4.57 Å². The summed E-state index contributed by atoms with van der Waals surface area (Å²) in [5.74, 6) is 1.58. The normalized spacial score (nSPS) is 11.4. The lowest BCUT2D eigenvalue weighted by Gasteiger charge is -2.26. The van der Waals surface area contributed by atoms with Crippen LogP contribution < -0.4 is 4.90 Å². The molecule has 0 spiro atoms. The van der Waals surface area contributed by atoms with E-state index < -0.39 is 0 Å². The smallest absolute Gasteiger partial charge is 0.168 e. The lowest BCUT2D eigenvalue weighted by molar-refractivity contribution is 1.08. The van der Waals surface area contributed by atoms with Gasteiger partial charge in [0.05, 0.1) is 11.0 Å². The molecule has 53 heavy (non-hydrogen) atoms. The maximum absolute atomic E-state index is 4.78. The first-order valence-electron chi connectivity index (χ1n) is 17.8. The predicted molar refractivity (Wildman–Crippen MR) is 219 cm³/mol. The van der Waals surface area contributed by atoms with Crippen molar-refractivity contribution >= 4 is 49.6 Å². The van der Waals surface area contributed by atoms with Crippen LogP contribution in [0, 0.1) is 0 Å². The average Bonchev–Trinajstić information content (AvgIpc) is 3.83. The summed E-state index contributed by atoms with van der Waals surface area (Å²) in [6.45, 7) is 0. The molecule has 8 aromatic carbocycles. The zero-order chi connectivity index (χ0) is 35.1. The number of rotatable bonds is 7. The second-order valence-corrected chi connectivity index (χ2v) is 13.2. The maximum Gasteiger partial charge on any atom is 0.168 e. The number of hydrogen-bond acceptors (Lipinski definition) is 3. The number of fused-ring (bicyclic) bond motifs is 4. The second-order valence-electron chi connectivity index (χ2n) is 13.2. The maximum atomic E-state index is 4.78. The summed E-state index contributed by atoms with van der Waals surface area (Å²) in [5, 5.41) is 14.4. The Balaban J connectivity index is 1.06. The van der Waals surface area contributed by atoms with Crippen molar-refractivity contribution in [2.24, 2.45) is 0 Å². The third-order valence-corrected chi connectivity index (χ3v) is 10.0. The molecule has 0 unspecified atom stereocenters. The Kier molecular flexibility index (Phi) is 7.40. The van der Waals surface area contributed by atoms with Crippen molar-refractivity contribution in [2.45, 2.75) is 0 Å². The molecule has 0 saturated heterocycles. The molecule has 0 saturated carbocycles. The molecule has 2 heterocycles. The van der Waals surface area contributed by atoms with Gasteiger partial charge in [0.1, 0.15) is 0 Å². The molecule has 0 atom stereocenters. The van der Waals surface area contributed by atoms with Gasteiger partial charge in [0.2, 0.25) is 0 Å². The van der Waals surface area contributed by atoms with E-state index in [0.29, 0.717) is 0 Å². The van der Waals surface area contributed by atoms with Crippen molar-refractivity contribution in [1.29, 1.82) is 0 Å². The number of anilines is 3. The zero-order valence-corrected chi connectivity index (χ0v) is 28.8. The minimum atomic E-state index is 0.785. The van der Waals surface area contributed by atoms with Crippen LogP contribution in [-0.4, -0.2) is 19.3 Å². The third-order valence-electron chi connectivity index (χ3n) is 10.0. The van der Waals surface area contributed by atoms with Crippen molar-refractivity contribution in [2.75, 3.05) is 4.90 Å². The first-order chi connectivity index (χ1) is 26.3. The first kappa shape index (κ1) is 30.6. The Hall–Kier alpha value is -7.24. The van der Waals surface area contributed by atoms with Crippen LogP contribution >= 0.6 is 0 Å². The Bertz CT molecular complexity index is 2820. The van der Waals surface area contributed by atoms with Gasteiger partial charge in [-0.25, -0.2) is 0 Å². The second kappa shape index (κ2) is 12.8. The zero-order valence-electron chi connectivity index (χ0n) is 28.8. The van der Waals surface area contributed by atoms with Crippen LogP contribution in [0.15, 0.2) is 200 Å². The van der Waals surface area contributed by atoms with Gasteiger partial charge in [-0.05, 0) is 95.7 Å². The van der Waals surface area contributed by atoms with Crippen LogP contribution in [0.5, 0.6) is 0 Å². The highest BCUT2D eigenvalue weighted by atomic mass is 15.3. The summed E-state index contributed by atoms with van der Waals surface area (Å²) in [5.41, 5.74) is 9.71. The van der Waals surface area contributed by atoms with Crippen LogP contribution in [0.3, 0.4) is 0 Å². The van der Waals surface area contributed by atoms with Crippen LogP contribution in [0.25, 0.3) is 66.7 Å². The third kappa shape index (κ3) is 5.34. The van der Waals surface area contributed by atoms with Gasteiger partial charge in [0.25, 0.3) is 0 Å². The Morgan fingerprint density at radius 1 is 0.340 bits per heavy atom. The van der Waals surface area contributed by atoms with E-state index in [2.05, 4.69) is 196 Å². The molecule has 0 aliphatic carbocycles. The highest BCUT2D eigenvalue weighted by Gasteiger charge is 2.19. The monoisotopic (exact) mass is 679 g/mol. The van der Waals surface area contributed by atoms with E-state index in [1.807, 2.05) is 18.2 Å². The largest absolute Gasteiger partial charge is 0.311 e. The van der Waals surface area contributed by atoms with Gasteiger partial charge in [-0.2, -0.15) is 0 Å². The predicted octanol–water partition coefficient (Wildman–Crippen LogP) is 12.3. The van der Waals surface area contributed by atoms with Crippen molar-refractivity contribution in [3.63, 3.8) is 0 Å². The number of nitrogens with zero attached hydrogens (tertiary/aromatic N) is 5. The molecule has 0 fully saturated rings. The number of para-hydroxylation sites is 3. The lowest BCUT2D eigenvalue weighted by atomic mass is 10.1. The Morgan fingerprint density at radius 2 is 0.811 bits per heavy atom.